The van der Waals surface area contributed by atoms with E-state index in [4.69, 9.17) is 9.47 Å². The van der Waals surface area contributed by atoms with Crippen LogP contribution in [0.5, 0.6) is 11.5 Å². The van der Waals surface area contributed by atoms with Gasteiger partial charge in [0.2, 0.25) is 0 Å². The number of amides is 1. The van der Waals surface area contributed by atoms with Crippen molar-refractivity contribution in [3.63, 3.8) is 0 Å². The van der Waals surface area contributed by atoms with Gasteiger partial charge in [0.1, 0.15) is 11.5 Å². The molecule has 1 amide bonds. The zero-order valence-corrected chi connectivity index (χ0v) is 13.2. The number of benzene rings is 1. The number of carbonyl (C=O) groups is 1. The molecule has 116 valence electrons. The highest BCUT2D eigenvalue weighted by Gasteiger charge is 2.24. The van der Waals surface area contributed by atoms with Gasteiger partial charge in [-0.15, -0.1) is 0 Å². The number of rotatable bonds is 4. The first-order chi connectivity index (χ1) is 10.1. The predicted molar refractivity (Wildman–Crippen MR) is 82.3 cm³/mol. The van der Waals surface area contributed by atoms with Crippen molar-refractivity contribution >= 4 is 5.91 Å². The van der Waals surface area contributed by atoms with Gasteiger partial charge in [-0.2, -0.15) is 0 Å². The van der Waals surface area contributed by atoms with Crippen molar-refractivity contribution in [2.45, 2.75) is 25.8 Å². The van der Waals surface area contributed by atoms with Crippen molar-refractivity contribution in [3.8, 4) is 11.5 Å². The second-order valence-electron chi connectivity index (χ2n) is 5.38. The van der Waals surface area contributed by atoms with E-state index in [2.05, 4.69) is 5.32 Å². The zero-order chi connectivity index (χ0) is 15.4. The van der Waals surface area contributed by atoms with Gasteiger partial charge in [0.15, 0.2) is 0 Å². The Morgan fingerprint density at radius 3 is 2.43 bits per heavy atom. The van der Waals surface area contributed by atoms with Gasteiger partial charge in [0, 0.05) is 30.3 Å². The van der Waals surface area contributed by atoms with Gasteiger partial charge in [-0.3, -0.25) is 4.79 Å². The molecule has 1 aromatic carbocycles. The van der Waals surface area contributed by atoms with Crippen molar-refractivity contribution in [3.05, 3.63) is 23.3 Å². The molecule has 0 spiro atoms. The van der Waals surface area contributed by atoms with Crippen molar-refractivity contribution in [2.75, 3.05) is 34.4 Å². The summed E-state index contributed by atoms with van der Waals surface area (Å²) in [6, 6.07) is 3.96. The Hall–Kier alpha value is -1.75. The second-order valence-corrected chi connectivity index (χ2v) is 5.38. The van der Waals surface area contributed by atoms with Gasteiger partial charge in [-0.05, 0) is 38.9 Å². The lowest BCUT2D eigenvalue weighted by Gasteiger charge is -2.32. The number of carbonyl (C=O) groups excluding carboxylic acids is 1. The van der Waals surface area contributed by atoms with E-state index in [0.717, 1.165) is 31.5 Å². The van der Waals surface area contributed by atoms with Crippen LogP contribution in [0, 0.1) is 6.92 Å². The lowest BCUT2D eigenvalue weighted by Crippen LogP contribution is -2.46. The minimum absolute atomic E-state index is 0.0338. The fourth-order valence-electron chi connectivity index (χ4n) is 2.79. The quantitative estimate of drug-likeness (QED) is 0.920. The summed E-state index contributed by atoms with van der Waals surface area (Å²) in [4.78, 5) is 14.6. The van der Waals surface area contributed by atoms with Crippen LogP contribution in [0.15, 0.2) is 12.1 Å². The molecule has 1 atom stereocenters. The normalized spacial score (nSPS) is 18.5. The molecule has 0 aliphatic carbocycles. The Labute approximate surface area is 126 Å². The number of likely N-dealkylation sites (tertiary alicyclic amines) is 1. The molecule has 1 aromatic rings. The van der Waals surface area contributed by atoms with E-state index in [1.165, 1.54) is 0 Å². The molecule has 1 N–H and O–H groups in total. The Kier molecular flexibility index (Phi) is 5.07. The van der Waals surface area contributed by atoms with Gasteiger partial charge < -0.3 is 19.7 Å². The molecule has 5 nitrogen and oxygen atoms in total. The summed E-state index contributed by atoms with van der Waals surface area (Å²) in [5, 5.41) is 3.25. The molecular weight excluding hydrogens is 268 g/mol. The lowest BCUT2D eigenvalue weighted by molar-refractivity contribution is 0.0697. The molecule has 5 heteroatoms. The number of nitrogens with zero attached hydrogens (tertiary/aromatic N) is 1. The largest absolute Gasteiger partial charge is 0.496 e. The van der Waals surface area contributed by atoms with Crippen molar-refractivity contribution in [1.29, 1.82) is 0 Å². The van der Waals surface area contributed by atoms with Crippen LogP contribution in [0.25, 0.3) is 0 Å². The summed E-state index contributed by atoms with van der Waals surface area (Å²) in [5.41, 5.74) is 1.52. The van der Waals surface area contributed by atoms with Crippen molar-refractivity contribution in [1.82, 2.24) is 10.2 Å². The SMILES string of the molecule is CNC1CCCN(C(=O)c2cc(OC)c(C)c(OC)c2)C1. The van der Waals surface area contributed by atoms with E-state index >= 15 is 0 Å². The van der Waals surface area contributed by atoms with Gasteiger partial charge in [-0.25, -0.2) is 0 Å². The molecule has 1 saturated heterocycles. The number of hydrogen-bond acceptors (Lipinski definition) is 4. The molecule has 1 aliphatic rings. The fourth-order valence-corrected chi connectivity index (χ4v) is 2.79. The summed E-state index contributed by atoms with van der Waals surface area (Å²) in [6.45, 7) is 3.47. The highest BCUT2D eigenvalue weighted by molar-refractivity contribution is 5.95. The Morgan fingerprint density at radius 1 is 1.29 bits per heavy atom. The topological polar surface area (TPSA) is 50.8 Å². The summed E-state index contributed by atoms with van der Waals surface area (Å²) >= 11 is 0. The summed E-state index contributed by atoms with van der Waals surface area (Å²) in [6.07, 6.45) is 2.14. The maximum Gasteiger partial charge on any atom is 0.254 e. The fraction of sp³-hybridized carbons (Fsp3) is 0.562. The molecule has 1 heterocycles. The maximum atomic E-state index is 12.7. The minimum Gasteiger partial charge on any atom is -0.496 e. The van der Waals surface area contributed by atoms with E-state index < -0.39 is 0 Å². The van der Waals surface area contributed by atoms with Crippen LogP contribution in [0.4, 0.5) is 0 Å². The van der Waals surface area contributed by atoms with Crippen LogP contribution in [0.2, 0.25) is 0 Å². The molecule has 1 unspecified atom stereocenters. The molecule has 21 heavy (non-hydrogen) atoms. The molecule has 0 saturated carbocycles. The highest BCUT2D eigenvalue weighted by Crippen LogP contribution is 2.30. The van der Waals surface area contributed by atoms with E-state index in [1.54, 1.807) is 26.4 Å². The summed E-state index contributed by atoms with van der Waals surface area (Å²) in [7, 11) is 5.15. The predicted octanol–water partition coefficient (Wildman–Crippen LogP) is 1.84. The number of nitrogens with one attached hydrogen (secondary N) is 1. The van der Waals surface area contributed by atoms with E-state index in [0.29, 0.717) is 23.1 Å². The minimum atomic E-state index is 0.0338. The molecular formula is C16H24N2O3. The van der Waals surface area contributed by atoms with Gasteiger partial charge in [-0.1, -0.05) is 0 Å². The van der Waals surface area contributed by atoms with Gasteiger partial charge in [0.25, 0.3) is 5.91 Å². The highest BCUT2D eigenvalue weighted by atomic mass is 16.5. The number of methoxy groups -OCH3 is 2. The Balaban J connectivity index is 2.26. The average Bonchev–Trinajstić information content (AvgIpc) is 2.54. The summed E-state index contributed by atoms with van der Waals surface area (Å²) in [5.74, 6) is 1.39. The van der Waals surface area contributed by atoms with Crippen LogP contribution in [0.3, 0.4) is 0 Å². The molecule has 0 bridgehead atoms. The number of ether oxygens (including phenoxy) is 2. The zero-order valence-electron chi connectivity index (χ0n) is 13.2. The van der Waals surface area contributed by atoms with Gasteiger partial charge >= 0.3 is 0 Å². The monoisotopic (exact) mass is 292 g/mol. The third kappa shape index (κ3) is 3.29. The third-order valence-corrected chi connectivity index (χ3v) is 4.12. The average molecular weight is 292 g/mol. The van der Waals surface area contributed by atoms with Gasteiger partial charge in [0.05, 0.1) is 14.2 Å². The second kappa shape index (κ2) is 6.80. The van der Waals surface area contributed by atoms with E-state index in [9.17, 15) is 4.79 Å². The van der Waals surface area contributed by atoms with Crippen LogP contribution in [-0.4, -0.2) is 51.2 Å². The van der Waals surface area contributed by atoms with Crippen LogP contribution >= 0.6 is 0 Å². The third-order valence-electron chi connectivity index (χ3n) is 4.12. The van der Waals surface area contributed by atoms with Crippen molar-refractivity contribution < 1.29 is 14.3 Å². The molecule has 0 radical (unpaired) electrons. The number of piperidine rings is 1. The first kappa shape index (κ1) is 15.6. The molecule has 1 aliphatic heterocycles. The smallest absolute Gasteiger partial charge is 0.254 e. The Morgan fingerprint density at radius 2 is 1.90 bits per heavy atom. The van der Waals surface area contributed by atoms with Crippen LogP contribution in [-0.2, 0) is 0 Å². The Bertz CT molecular complexity index is 491. The molecule has 2 rings (SSSR count). The number of hydrogen-bond donors (Lipinski definition) is 1. The van der Waals surface area contributed by atoms with Crippen LogP contribution in [0.1, 0.15) is 28.8 Å². The van der Waals surface area contributed by atoms with Crippen molar-refractivity contribution in [2.24, 2.45) is 0 Å². The number of likely N-dealkylation sites (N-methyl/N-ethyl adjacent to an activating group) is 1. The standard InChI is InChI=1S/C16H24N2O3/c1-11-14(20-3)8-12(9-15(11)21-4)16(19)18-7-5-6-13(10-18)17-2/h8-9,13,17H,5-7,10H2,1-4H3. The van der Waals surface area contributed by atoms with E-state index in [1.807, 2.05) is 18.9 Å². The first-order valence-electron chi connectivity index (χ1n) is 7.29. The lowest BCUT2D eigenvalue weighted by atomic mass is 10.0. The maximum absolute atomic E-state index is 12.7. The first-order valence-corrected chi connectivity index (χ1v) is 7.29. The molecule has 0 aromatic heterocycles. The summed E-state index contributed by atoms with van der Waals surface area (Å²) < 4.78 is 10.7. The molecule has 1 fully saturated rings. The van der Waals surface area contributed by atoms with Crippen LogP contribution < -0.4 is 14.8 Å². The van der Waals surface area contributed by atoms with E-state index in [-0.39, 0.29) is 5.91 Å².